The summed E-state index contributed by atoms with van der Waals surface area (Å²) in [5, 5.41) is 3.95. The van der Waals surface area contributed by atoms with Crippen molar-refractivity contribution in [1.29, 1.82) is 0 Å². The van der Waals surface area contributed by atoms with E-state index in [-0.39, 0.29) is 5.69 Å². The van der Waals surface area contributed by atoms with Crippen molar-refractivity contribution >= 4 is 28.8 Å². The molecule has 0 aliphatic heterocycles. The first-order valence-corrected chi connectivity index (χ1v) is 5.02. The van der Waals surface area contributed by atoms with Crippen molar-refractivity contribution in [2.45, 2.75) is 0 Å². The van der Waals surface area contributed by atoms with E-state index in [0.717, 1.165) is 11.0 Å². The Morgan fingerprint density at radius 1 is 1.31 bits per heavy atom. The molecule has 1 aromatic heterocycles. The molecule has 0 saturated heterocycles. The summed E-state index contributed by atoms with van der Waals surface area (Å²) in [6, 6.07) is 3.52. The topological polar surface area (TPSA) is 65.3 Å². The van der Waals surface area contributed by atoms with Crippen molar-refractivity contribution in [3.05, 3.63) is 33.2 Å². The number of fused-ring (bicyclic) bond motifs is 1. The summed E-state index contributed by atoms with van der Waals surface area (Å²) in [5.41, 5.74) is 2.18. The number of nitrogens with zero attached hydrogens (tertiary/aromatic N) is 3. The van der Waals surface area contributed by atoms with Crippen LogP contribution in [0.3, 0.4) is 0 Å². The lowest BCUT2D eigenvalue weighted by atomic mass is 10.2. The molecule has 16 heavy (non-hydrogen) atoms. The summed E-state index contributed by atoms with van der Waals surface area (Å²) < 4.78 is 3.10. The monoisotopic (exact) mass is 238 g/mol. The maximum atomic E-state index is 11.7. The quantitative estimate of drug-likeness (QED) is 0.454. The highest BCUT2D eigenvalue weighted by Crippen LogP contribution is 2.21. The van der Waals surface area contributed by atoms with Gasteiger partial charge in [0.05, 0.1) is 22.3 Å². The highest BCUT2D eigenvalue weighted by atomic mass is 35.5. The van der Waals surface area contributed by atoms with Crippen LogP contribution in [0.25, 0.3) is 11.0 Å². The van der Waals surface area contributed by atoms with Gasteiger partial charge in [-0.15, -0.1) is 0 Å². The minimum Gasteiger partial charge on any atom is -0.323 e. The highest BCUT2D eigenvalue weighted by Gasteiger charge is 2.10. The Kier molecular flexibility index (Phi) is 2.47. The van der Waals surface area contributed by atoms with Gasteiger partial charge in [-0.05, 0) is 12.1 Å². The van der Waals surface area contributed by atoms with Gasteiger partial charge in [-0.25, -0.2) is 4.79 Å². The van der Waals surface area contributed by atoms with E-state index in [1.54, 1.807) is 35.4 Å². The van der Waals surface area contributed by atoms with Crippen molar-refractivity contribution in [2.75, 3.05) is 0 Å². The van der Waals surface area contributed by atoms with E-state index in [1.807, 2.05) is 0 Å². The number of halogens is 1. The molecule has 0 unspecified atom stereocenters. The first-order chi connectivity index (χ1) is 7.56. The molecule has 0 fully saturated rings. The average Bonchev–Trinajstić information content (AvgIpc) is 2.46. The van der Waals surface area contributed by atoms with Crippen molar-refractivity contribution in [3.8, 4) is 0 Å². The molecular weight excluding hydrogens is 228 g/mol. The smallest absolute Gasteiger partial charge is 0.323 e. The Hall–Kier alpha value is -1.75. The Balaban J connectivity index is 2.90. The maximum absolute atomic E-state index is 11.7. The summed E-state index contributed by atoms with van der Waals surface area (Å²) in [7, 11) is 3.42. The Labute approximate surface area is 96.7 Å². The third kappa shape index (κ3) is 1.40. The lowest BCUT2D eigenvalue weighted by Gasteiger charge is -2.00. The Morgan fingerprint density at radius 3 is 2.44 bits per heavy atom. The molecule has 2 aromatic rings. The third-order valence-electron chi connectivity index (χ3n) is 2.60. The Morgan fingerprint density at radius 2 is 1.88 bits per heavy atom. The predicted octanol–water partition coefficient (Wildman–Crippen LogP) is 0.823. The van der Waals surface area contributed by atoms with E-state index in [0.29, 0.717) is 10.6 Å². The summed E-state index contributed by atoms with van der Waals surface area (Å²) in [6.07, 6.45) is 1.46. The van der Waals surface area contributed by atoms with Gasteiger partial charge in [0.2, 0.25) is 0 Å². The third-order valence-corrected chi connectivity index (χ3v) is 2.93. The zero-order valence-electron chi connectivity index (χ0n) is 8.94. The number of hydrogen-bond donors (Lipinski definition) is 1. The zero-order chi connectivity index (χ0) is 11.9. The zero-order valence-corrected chi connectivity index (χ0v) is 9.69. The van der Waals surface area contributed by atoms with Crippen molar-refractivity contribution in [1.82, 2.24) is 9.13 Å². The van der Waals surface area contributed by atoms with Crippen LogP contribution in [0.5, 0.6) is 0 Å². The number of hydrogen-bond acceptors (Lipinski definition) is 3. The lowest BCUT2D eigenvalue weighted by molar-refractivity contribution is 0.795. The van der Waals surface area contributed by atoms with Crippen LogP contribution >= 0.6 is 11.6 Å². The molecule has 0 bridgehead atoms. The van der Waals surface area contributed by atoms with Crippen molar-refractivity contribution in [2.24, 2.45) is 25.0 Å². The second-order valence-corrected chi connectivity index (χ2v) is 3.95. The van der Waals surface area contributed by atoms with E-state index in [4.69, 9.17) is 17.4 Å². The first-order valence-electron chi connectivity index (χ1n) is 4.64. The molecule has 5 nitrogen and oxygen atoms in total. The second-order valence-electron chi connectivity index (χ2n) is 3.54. The van der Waals surface area contributed by atoms with E-state index in [1.165, 1.54) is 6.21 Å². The molecule has 2 N–H and O–H groups in total. The van der Waals surface area contributed by atoms with Gasteiger partial charge in [0.15, 0.2) is 0 Å². The highest BCUT2D eigenvalue weighted by molar-refractivity contribution is 6.33. The van der Waals surface area contributed by atoms with Crippen LogP contribution in [0, 0.1) is 0 Å². The largest absolute Gasteiger partial charge is 0.328 e. The maximum Gasteiger partial charge on any atom is 0.328 e. The molecule has 1 aromatic carbocycles. The van der Waals surface area contributed by atoms with E-state index >= 15 is 0 Å². The van der Waals surface area contributed by atoms with Crippen LogP contribution in [0.4, 0.5) is 0 Å². The lowest BCUT2D eigenvalue weighted by Crippen LogP contribution is -2.19. The fraction of sp³-hybridized carbons (Fsp3) is 0.200. The number of rotatable bonds is 1. The summed E-state index contributed by atoms with van der Waals surface area (Å²) >= 11 is 6.04. The van der Waals surface area contributed by atoms with Gasteiger partial charge in [0.1, 0.15) is 0 Å². The number of hydrazone groups is 1. The van der Waals surface area contributed by atoms with Gasteiger partial charge >= 0.3 is 5.69 Å². The molecule has 0 aliphatic carbocycles. The van der Waals surface area contributed by atoms with Gasteiger partial charge < -0.3 is 5.84 Å². The molecular formula is C10H11ClN4O. The molecule has 0 saturated carbocycles. The number of benzene rings is 1. The minimum atomic E-state index is -0.0899. The molecule has 0 spiro atoms. The standard InChI is InChI=1S/C10H11ClN4O/c1-14-8-3-6(5-13-12)7(11)4-9(8)15(2)10(14)16/h3-5H,12H2,1-2H3. The van der Waals surface area contributed by atoms with E-state index < -0.39 is 0 Å². The molecule has 6 heteroatoms. The summed E-state index contributed by atoms with van der Waals surface area (Å²) in [5.74, 6) is 5.08. The fourth-order valence-electron chi connectivity index (χ4n) is 1.72. The van der Waals surface area contributed by atoms with Crippen LogP contribution in [0.1, 0.15) is 5.56 Å². The van der Waals surface area contributed by atoms with Gasteiger partial charge in [-0.2, -0.15) is 5.10 Å². The number of aryl methyl sites for hydroxylation is 2. The number of nitrogens with two attached hydrogens (primary N) is 1. The van der Waals surface area contributed by atoms with Crippen LogP contribution in [0.15, 0.2) is 22.0 Å². The SMILES string of the molecule is Cn1c(=O)n(C)c2cc(C=NN)c(Cl)cc21. The first kappa shape index (κ1) is 10.8. The molecule has 0 amide bonds. The van der Waals surface area contributed by atoms with Crippen LogP contribution in [0.2, 0.25) is 5.02 Å². The average molecular weight is 239 g/mol. The van der Waals surface area contributed by atoms with Gasteiger partial charge in [-0.3, -0.25) is 9.13 Å². The second kappa shape index (κ2) is 3.68. The number of imidazole rings is 1. The van der Waals surface area contributed by atoms with Gasteiger partial charge in [-0.1, -0.05) is 11.6 Å². The number of aromatic nitrogens is 2. The Bertz CT molecular complexity index is 638. The minimum absolute atomic E-state index is 0.0899. The molecule has 0 radical (unpaired) electrons. The normalized spacial score (nSPS) is 11.7. The summed E-state index contributed by atoms with van der Waals surface area (Å²) in [4.78, 5) is 11.7. The van der Waals surface area contributed by atoms with E-state index in [9.17, 15) is 4.79 Å². The predicted molar refractivity (Wildman–Crippen MR) is 65.0 cm³/mol. The van der Waals surface area contributed by atoms with E-state index in [2.05, 4.69) is 5.10 Å². The summed E-state index contributed by atoms with van der Waals surface area (Å²) in [6.45, 7) is 0. The molecule has 2 rings (SSSR count). The van der Waals surface area contributed by atoms with Gasteiger partial charge in [0.25, 0.3) is 0 Å². The van der Waals surface area contributed by atoms with Crippen molar-refractivity contribution in [3.63, 3.8) is 0 Å². The van der Waals surface area contributed by atoms with Crippen LogP contribution in [-0.2, 0) is 14.1 Å². The molecule has 0 atom stereocenters. The van der Waals surface area contributed by atoms with Crippen molar-refractivity contribution < 1.29 is 0 Å². The van der Waals surface area contributed by atoms with Gasteiger partial charge in [0, 0.05) is 19.7 Å². The van der Waals surface area contributed by atoms with Crippen LogP contribution in [-0.4, -0.2) is 15.3 Å². The fourth-order valence-corrected chi connectivity index (χ4v) is 1.92. The molecule has 1 heterocycles. The molecule has 0 aliphatic rings. The van der Waals surface area contributed by atoms with Crippen LogP contribution < -0.4 is 11.5 Å². The molecule has 84 valence electrons.